The Morgan fingerprint density at radius 2 is 1.39 bits per heavy atom. The minimum atomic E-state index is -5.02. The van der Waals surface area contributed by atoms with E-state index in [0.29, 0.717) is 44.5 Å². The minimum Gasteiger partial charge on any atom is -0.497 e. The van der Waals surface area contributed by atoms with Crippen molar-refractivity contribution in [3.63, 3.8) is 0 Å². The van der Waals surface area contributed by atoms with Gasteiger partial charge < -0.3 is 35.1 Å². The number of carbonyl (C=O) groups excluding carboxylic acids is 1. The number of hydrogen-bond donors (Lipinski definition) is 4. The van der Waals surface area contributed by atoms with Crippen LogP contribution >= 0.6 is 11.3 Å². The van der Waals surface area contributed by atoms with E-state index in [1.54, 1.807) is 101 Å². The number of nitrogens with zero attached hydrogens (tertiary/aromatic N) is 6. The molecule has 5 N–H and O–H groups in total. The molecule has 0 unspecified atom stereocenters. The molecule has 364 valence electrons. The number of aromatic nitrogens is 5. The van der Waals surface area contributed by atoms with Crippen molar-refractivity contribution in [2.75, 3.05) is 34.5 Å². The number of ether oxygens (including phenoxy) is 4. The smallest absolute Gasteiger partial charge is 0.407 e. The Balaban J connectivity index is 1.49. The van der Waals surface area contributed by atoms with Gasteiger partial charge in [0, 0.05) is 31.7 Å². The van der Waals surface area contributed by atoms with Crippen LogP contribution in [0.25, 0.3) is 32.7 Å². The van der Waals surface area contributed by atoms with Crippen molar-refractivity contribution >= 4 is 47.7 Å². The number of rotatable bonds is 20. The van der Waals surface area contributed by atoms with Crippen LogP contribution < -0.4 is 30.0 Å². The molecule has 7 rings (SSSR count). The Morgan fingerprint density at radius 3 is 1.93 bits per heavy atom. The van der Waals surface area contributed by atoms with E-state index in [1.807, 2.05) is 18.2 Å². The molecule has 0 aliphatic rings. The molecule has 1 atom stereocenters. The van der Waals surface area contributed by atoms with Gasteiger partial charge in [0.1, 0.15) is 37.6 Å². The number of nitrogens with one attached hydrogen (secondary N) is 2. The summed E-state index contributed by atoms with van der Waals surface area (Å²) in [5.74, 6) is 1.48. The number of tetrazole rings is 1. The SMILES string of the molecule is COc1ccc(CN(Cc2ccc(OC)cc2)S(=O)(=O)c2c(S(=O)(=O)N[C@@H](CO)CNC(=O)OC(C)(C)C)ccc(-c3cccc4sc(CN)nc34)c2-c2nnn(Cc3ccc(OC)cc3)n2)cc1. The molecule has 69 heavy (non-hydrogen) atoms. The van der Waals surface area contributed by atoms with Gasteiger partial charge in [-0.1, -0.05) is 54.6 Å². The number of methoxy groups -OCH3 is 3. The zero-order chi connectivity index (χ0) is 49.5. The maximum Gasteiger partial charge on any atom is 0.407 e. The zero-order valence-corrected chi connectivity index (χ0v) is 41.2. The van der Waals surface area contributed by atoms with Crippen molar-refractivity contribution in [3.8, 4) is 39.8 Å². The number of carbonyl (C=O) groups is 1. The number of aliphatic hydroxyl groups excluding tert-OH is 1. The van der Waals surface area contributed by atoms with Crippen molar-refractivity contribution in [1.82, 2.24) is 39.5 Å². The first-order valence-corrected chi connectivity index (χ1v) is 25.2. The lowest BCUT2D eigenvalue weighted by Crippen LogP contribution is -2.47. The second kappa shape index (κ2) is 21.4. The van der Waals surface area contributed by atoms with Crippen molar-refractivity contribution in [2.24, 2.45) is 5.73 Å². The number of sulfonamides is 2. The van der Waals surface area contributed by atoms with Gasteiger partial charge in [0.25, 0.3) is 0 Å². The van der Waals surface area contributed by atoms with E-state index in [-0.39, 0.29) is 43.1 Å². The molecule has 7 aromatic rings. The normalized spacial score (nSPS) is 12.5. The van der Waals surface area contributed by atoms with Gasteiger partial charge in [0.15, 0.2) is 0 Å². The Kier molecular flexibility index (Phi) is 15.6. The predicted molar refractivity (Wildman–Crippen MR) is 260 cm³/mol. The fourth-order valence-corrected chi connectivity index (χ4v) is 11.8. The highest BCUT2D eigenvalue weighted by molar-refractivity contribution is 7.92. The average Bonchev–Trinajstić information content (AvgIpc) is 3.99. The van der Waals surface area contributed by atoms with Gasteiger partial charge in [0.2, 0.25) is 25.9 Å². The number of alkyl carbamates (subject to hydrolysis) is 1. The van der Waals surface area contributed by atoms with Gasteiger partial charge in [0.05, 0.1) is 56.3 Å². The third-order valence-electron chi connectivity index (χ3n) is 10.6. The molecule has 0 saturated heterocycles. The standard InChI is InChI=1S/C47H53N9O10S3/c1-47(2,3)66-46(58)49-25-33(29-57)53-68(59,60)40-23-22-37(38-8-7-9-39-43(38)50-41(24-48)67-39)42(45-51-54-56(52-45)28-32-14-20-36(65-6)21-15-32)44(40)69(61,62)55(26-30-10-16-34(63-4)17-11-30)27-31-12-18-35(64-5)19-13-31/h7-23,33,53,57H,24-29,48H2,1-6H3,(H,49,58)/t33-/m1/s1. The summed E-state index contributed by atoms with van der Waals surface area (Å²) in [5.41, 5.74) is 7.97. The molecule has 2 aromatic heterocycles. The van der Waals surface area contributed by atoms with E-state index in [1.165, 1.54) is 42.5 Å². The Labute approximate surface area is 404 Å². The van der Waals surface area contributed by atoms with Gasteiger partial charge in [-0.3, -0.25) is 0 Å². The van der Waals surface area contributed by atoms with Crippen LogP contribution in [-0.4, -0.2) is 104 Å². The molecule has 19 nitrogen and oxygen atoms in total. The fourth-order valence-electron chi connectivity index (χ4n) is 7.25. The van der Waals surface area contributed by atoms with Crippen LogP contribution in [0.4, 0.5) is 4.79 Å². The number of nitrogens with two attached hydrogens (primary N) is 1. The second-order valence-electron chi connectivity index (χ2n) is 16.6. The van der Waals surface area contributed by atoms with Gasteiger partial charge >= 0.3 is 6.09 Å². The van der Waals surface area contributed by atoms with Crippen LogP contribution in [0.2, 0.25) is 0 Å². The molecule has 22 heteroatoms. The molecule has 0 bridgehead atoms. The van der Waals surface area contributed by atoms with Crippen LogP contribution in [0.5, 0.6) is 17.2 Å². The first kappa shape index (κ1) is 50.3. The van der Waals surface area contributed by atoms with E-state index in [2.05, 4.69) is 20.4 Å². The van der Waals surface area contributed by atoms with E-state index < -0.39 is 60.7 Å². The van der Waals surface area contributed by atoms with Crippen molar-refractivity contribution in [3.05, 3.63) is 125 Å². The number of benzene rings is 5. The third-order valence-corrected chi connectivity index (χ3v) is 15.2. The molecule has 0 aliphatic carbocycles. The maximum absolute atomic E-state index is 16.1. The molecular weight excluding hydrogens is 947 g/mol. The largest absolute Gasteiger partial charge is 0.497 e. The minimum absolute atomic E-state index is 0.0966. The van der Waals surface area contributed by atoms with Crippen molar-refractivity contribution in [2.45, 2.75) is 68.4 Å². The van der Waals surface area contributed by atoms with E-state index >= 15 is 16.8 Å². The van der Waals surface area contributed by atoms with Crippen molar-refractivity contribution in [1.29, 1.82) is 0 Å². The average molecular weight is 1000 g/mol. The van der Waals surface area contributed by atoms with Crippen LogP contribution in [0.15, 0.2) is 113 Å². The zero-order valence-electron chi connectivity index (χ0n) is 38.7. The third kappa shape index (κ3) is 12.0. The molecule has 1 amide bonds. The summed E-state index contributed by atoms with van der Waals surface area (Å²) in [6.07, 6.45) is -0.861. The second-order valence-corrected chi connectivity index (χ2v) is 21.3. The molecule has 2 heterocycles. The summed E-state index contributed by atoms with van der Waals surface area (Å²) in [6, 6.07) is 27.4. The number of thiazole rings is 1. The van der Waals surface area contributed by atoms with E-state index in [9.17, 15) is 9.90 Å². The van der Waals surface area contributed by atoms with Crippen LogP contribution in [-0.2, 0) is 51.0 Å². The van der Waals surface area contributed by atoms with Gasteiger partial charge in [-0.05, 0) is 96.8 Å². The Morgan fingerprint density at radius 1 is 0.812 bits per heavy atom. The highest BCUT2D eigenvalue weighted by Gasteiger charge is 2.39. The number of para-hydroxylation sites is 1. The first-order valence-electron chi connectivity index (χ1n) is 21.5. The Hall–Kier alpha value is -6.53. The molecule has 0 fully saturated rings. The lowest BCUT2D eigenvalue weighted by molar-refractivity contribution is 0.0519. The lowest BCUT2D eigenvalue weighted by Gasteiger charge is -2.27. The Bertz CT molecular complexity index is 3070. The molecular formula is C47H53N9O10S3. The van der Waals surface area contributed by atoms with Gasteiger partial charge in [-0.2, -0.15) is 9.10 Å². The molecule has 0 saturated carbocycles. The number of amides is 1. The summed E-state index contributed by atoms with van der Waals surface area (Å²) in [4.78, 5) is 17.3. The summed E-state index contributed by atoms with van der Waals surface area (Å²) in [5, 5.41) is 27.0. The topological polar surface area (TPSA) is 252 Å². The summed E-state index contributed by atoms with van der Waals surface area (Å²) < 4.78 is 88.1. The summed E-state index contributed by atoms with van der Waals surface area (Å²) in [7, 11) is -5.39. The fraction of sp³-hybridized carbons (Fsp3) is 0.298. The van der Waals surface area contributed by atoms with E-state index in [0.717, 1.165) is 14.6 Å². The highest BCUT2D eigenvalue weighted by atomic mass is 32.2. The molecule has 0 spiro atoms. The van der Waals surface area contributed by atoms with Gasteiger partial charge in [-0.15, -0.1) is 21.5 Å². The monoisotopic (exact) mass is 999 g/mol. The lowest BCUT2D eigenvalue weighted by atomic mass is 9.98. The van der Waals surface area contributed by atoms with Crippen LogP contribution in [0.3, 0.4) is 0 Å². The van der Waals surface area contributed by atoms with Crippen LogP contribution in [0.1, 0.15) is 42.5 Å². The number of fused-ring (bicyclic) bond motifs is 1. The maximum atomic E-state index is 16.1. The molecule has 0 radical (unpaired) electrons. The quantitative estimate of drug-likeness (QED) is 0.0714. The summed E-state index contributed by atoms with van der Waals surface area (Å²) >= 11 is 1.36. The van der Waals surface area contributed by atoms with Gasteiger partial charge in [-0.25, -0.2) is 31.3 Å². The number of aliphatic hydroxyl groups is 1. The van der Waals surface area contributed by atoms with E-state index in [4.69, 9.17) is 34.8 Å². The first-order chi connectivity index (χ1) is 32.9. The predicted octanol–water partition coefficient (Wildman–Crippen LogP) is 5.70. The molecule has 0 aliphatic heterocycles. The van der Waals surface area contributed by atoms with Crippen LogP contribution in [0, 0.1) is 0 Å². The molecule has 5 aromatic carbocycles. The number of hydrogen-bond acceptors (Lipinski definition) is 16. The van der Waals surface area contributed by atoms with Crippen molar-refractivity contribution < 1.29 is 45.7 Å². The summed E-state index contributed by atoms with van der Waals surface area (Å²) in [6.45, 7) is 3.51. The highest BCUT2D eigenvalue weighted by Crippen LogP contribution is 2.44.